The van der Waals surface area contributed by atoms with Gasteiger partial charge >= 0.3 is 0 Å². The molecule has 1 aliphatic rings. The van der Waals surface area contributed by atoms with Crippen LogP contribution in [0.3, 0.4) is 0 Å². The Labute approximate surface area is 62.4 Å². The van der Waals surface area contributed by atoms with Crippen molar-refractivity contribution >= 4 is 0 Å². The summed E-state index contributed by atoms with van der Waals surface area (Å²) in [4.78, 5) is 0. The quantitative estimate of drug-likeness (QED) is 0.543. The molecule has 0 unspecified atom stereocenters. The molecule has 56 valence electrons. The van der Waals surface area contributed by atoms with E-state index in [1.54, 1.807) is 0 Å². The van der Waals surface area contributed by atoms with Gasteiger partial charge < -0.3 is 5.11 Å². The van der Waals surface area contributed by atoms with Crippen LogP contribution in [-0.4, -0.2) is 10.7 Å². The van der Waals surface area contributed by atoms with E-state index in [0.717, 1.165) is 12.8 Å². The van der Waals surface area contributed by atoms with Gasteiger partial charge in [-0.2, -0.15) is 0 Å². The van der Waals surface area contributed by atoms with Crippen LogP contribution in [0, 0.1) is 24.2 Å². The van der Waals surface area contributed by atoms with Gasteiger partial charge in [0.25, 0.3) is 0 Å². The fourth-order valence-electron chi connectivity index (χ4n) is 1.40. The molecular weight excluding hydrogens is 124 g/mol. The third kappa shape index (κ3) is 1.17. The molecule has 0 aromatic heterocycles. The summed E-state index contributed by atoms with van der Waals surface area (Å²) in [6, 6.07) is 0. The zero-order chi connectivity index (χ0) is 7.78. The minimum atomic E-state index is -0.755. The fourth-order valence-corrected chi connectivity index (χ4v) is 1.40. The van der Waals surface area contributed by atoms with Crippen molar-refractivity contribution in [3.8, 4) is 12.3 Å². The van der Waals surface area contributed by atoms with Crippen LogP contribution in [0.2, 0.25) is 0 Å². The van der Waals surface area contributed by atoms with Gasteiger partial charge in [-0.25, -0.2) is 0 Å². The molecule has 0 bridgehead atoms. The summed E-state index contributed by atoms with van der Waals surface area (Å²) in [6.07, 6.45) is 6.72. The predicted molar refractivity (Wildman–Crippen MR) is 41.3 cm³/mol. The van der Waals surface area contributed by atoms with Crippen molar-refractivity contribution in [3.05, 3.63) is 0 Å². The predicted octanol–water partition coefficient (Wildman–Crippen LogP) is 1.42. The first-order chi connectivity index (χ1) is 4.57. The Morgan fingerprint density at radius 2 is 2.10 bits per heavy atom. The second kappa shape index (κ2) is 2.29. The maximum absolute atomic E-state index is 9.40. The molecule has 0 saturated heterocycles. The summed E-state index contributed by atoms with van der Waals surface area (Å²) in [5, 5.41) is 9.40. The zero-order valence-corrected chi connectivity index (χ0v) is 6.59. The molecule has 1 heteroatoms. The SMILES string of the molecule is C#CC1(O)CC(C(C)C)C1. The van der Waals surface area contributed by atoms with Crippen molar-refractivity contribution in [1.82, 2.24) is 0 Å². The molecule has 1 nitrogen and oxygen atoms in total. The maximum atomic E-state index is 9.40. The van der Waals surface area contributed by atoms with E-state index in [9.17, 15) is 5.11 Å². The van der Waals surface area contributed by atoms with Crippen LogP contribution in [-0.2, 0) is 0 Å². The molecule has 0 heterocycles. The number of terminal acetylenes is 1. The van der Waals surface area contributed by atoms with Crippen molar-refractivity contribution in [3.63, 3.8) is 0 Å². The number of rotatable bonds is 1. The maximum Gasteiger partial charge on any atom is 0.125 e. The topological polar surface area (TPSA) is 20.2 Å². The largest absolute Gasteiger partial charge is 0.378 e. The lowest BCUT2D eigenvalue weighted by Crippen LogP contribution is -2.44. The molecular formula is C9H14O. The standard InChI is InChI=1S/C9H14O/c1-4-9(10)5-8(6-9)7(2)3/h1,7-8,10H,5-6H2,2-3H3. The van der Waals surface area contributed by atoms with Crippen LogP contribution in [0.15, 0.2) is 0 Å². The van der Waals surface area contributed by atoms with Crippen LogP contribution in [0.4, 0.5) is 0 Å². The lowest BCUT2D eigenvalue weighted by Gasteiger charge is -2.42. The van der Waals surface area contributed by atoms with Gasteiger partial charge in [0.1, 0.15) is 5.60 Å². The molecule has 0 spiro atoms. The fraction of sp³-hybridized carbons (Fsp3) is 0.778. The lowest BCUT2D eigenvalue weighted by molar-refractivity contribution is -0.0384. The van der Waals surface area contributed by atoms with Gasteiger partial charge in [-0.1, -0.05) is 19.8 Å². The van der Waals surface area contributed by atoms with E-state index in [1.165, 1.54) is 0 Å². The summed E-state index contributed by atoms with van der Waals surface area (Å²) in [7, 11) is 0. The van der Waals surface area contributed by atoms with Gasteiger partial charge in [0.2, 0.25) is 0 Å². The molecule has 0 atom stereocenters. The molecule has 1 saturated carbocycles. The Balaban J connectivity index is 2.38. The second-order valence-corrected chi connectivity index (χ2v) is 3.59. The van der Waals surface area contributed by atoms with E-state index >= 15 is 0 Å². The molecule has 10 heavy (non-hydrogen) atoms. The number of aliphatic hydroxyl groups is 1. The van der Waals surface area contributed by atoms with Crippen molar-refractivity contribution in [1.29, 1.82) is 0 Å². The molecule has 0 aromatic rings. The Bertz CT molecular complexity index is 158. The summed E-state index contributed by atoms with van der Waals surface area (Å²) < 4.78 is 0. The van der Waals surface area contributed by atoms with Gasteiger partial charge in [-0.3, -0.25) is 0 Å². The molecule has 0 amide bonds. The highest BCUT2D eigenvalue weighted by molar-refractivity contribution is 5.14. The molecule has 1 fully saturated rings. The van der Waals surface area contributed by atoms with Gasteiger partial charge in [0.15, 0.2) is 0 Å². The van der Waals surface area contributed by atoms with E-state index in [0.29, 0.717) is 11.8 Å². The highest BCUT2D eigenvalue weighted by Crippen LogP contribution is 2.41. The summed E-state index contributed by atoms with van der Waals surface area (Å²) >= 11 is 0. The van der Waals surface area contributed by atoms with Crippen molar-refractivity contribution < 1.29 is 5.11 Å². The van der Waals surface area contributed by atoms with Crippen molar-refractivity contribution in [2.45, 2.75) is 32.3 Å². The Morgan fingerprint density at radius 1 is 1.60 bits per heavy atom. The van der Waals surface area contributed by atoms with E-state index in [2.05, 4.69) is 19.8 Å². The van der Waals surface area contributed by atoms with Crippen LogP contribution >= 0.6 is 0 Å². The van der Waals surface area contributed by atoms with Gasteiger partial charge in [0, 0.05) is 0 Å². The van der Waals surface area contributed by atoms with Crippen LogP contribution < -0.4 is 0 Å². The van der Waals surface area contributed by atoms with E-state index < -0.39 is 5.60 Å². The number of hydrogen-bond acceptors (Lipinski definition) is 1. The third-order valence-electron chi connectivity index (χ3n) is 2.41. The average Bonchev–Trinajstić information content (AvgIpc) is 1.80. The Kier molecular flexibility index (Phi) is 1.74. The average molecular weight is 138 g/mol. The van der Waals surface area contributed by atoms with Gasteiger partial charge in [-0.15, -0.1) is 6.42 Å². The molecule has 0 radical (unpaired) electrons. The number of hydrogen-bond donors (Lipinski definition) is 1. The van der Waals surface area contributed by atoms with Crippen molar-refractivity contribution in [2.75, 3.05) is 0 Å². The van der Waals surface area contributed by atoms with Crippen LogP contribution in [0.25, 0.3) is 0 Å². The Morgan fingerprint density at radius 3 is 2.40 bits per heavy atom. The highest BCUT2D eigenvalue weighted by Gasteiger charge is 2.42. The monoisotopic (exact) mass is 138 g/mol. The molecule has 1 rings (SSSR count). The van der Waals surface area contributed by atoms with Crippen LogP contribution in [0.1, 0.15) is 26.7 Å². The minimum absolute atomic E-state index is 0.640. The van der Waals surface area contributed by atoms with E-state index in [1.807, 2.05) is 0 Å². The lowest BCUT2D eigenvalue weighted by atomic mass is 9.67. The third-order valence-corrected chi connectivity index (χ3v) is 2.41. The first-order valence-electron chi connectivity index (χ1n) is 3.77. The van der Waals surface area contributed by atoms with Crippen molar-refractivity contribution in [2.24, 2.45) is 11.8 Å². The first kappa shape index (κ1) is 7.63. The highest BCUT2D eigenvalue weighted by atomic mass is 16.3. The van der Waals surface area contributed by atoms with E-state index in [-0.39, 0.29) is 0 Å². The van der Waals surface area contributed by atoms with E-state index in [4.69, 9.17) is 6.42 Å². The summed E-state index contributed by atoms with van der Waals surface area (Å²) in [6.45, 7) is 4.33. The van der Waals surface area contributed by atoms with Gasteiger partial charge in [0.05, 0.1) is 0 Å². The summed E-state index contributed by atoms with van der Waals surface area (Å²) in [5.74, 6) is 3.72. The zero-order valence-electron chi connectivity index (χ0n) is 6.59. The Hall–Kier alpha value is -0.480. The second-order valence-electron chi connectivity index (χ2n) is 3.59. The molecule has 1 N–H and O–H groups in total. The minimum Gasteiger partial charge on any atom is -0.378 e. The first-order valence-corrected chi connectivity index (χ1v) is 3.77. The van der Waals surface area contributed by atoms with Crippen LogP contribution in [0.5, 0.6) is 0 Å². The van der Waals surface area contributed by atoms with Gasteiger partial charge in [-0.05, 0) is 24.7 Å². The molecule has 0 aromatic carbocycles. The normalized spacial score (nSPS) is 38.9. The summed E-state index contributed by atoms with van der Waals surface area (Å²) in [5.41, 5.74) is -0.755. The molecule has 0 aliphatic heterocycles. The molecule has 1 aliphatic carbocycles. The smallest absolute Gasteiger partial charge is 0.125 e.